The van der Waals surface area contributed by atoms with Gasteiger partial charge in [-0.15, -0.1) is 0 Å². The van der Waals surface area contributed by atoms with Gasteiger partial charge in [0.25, 0.3) is 11.6 Å². The number of nitro groups is 1. The van der Waals surface area contributed by atoms with Crippen molar-refractivity contribution in [2.24, 2.45) is 5.92 Å². The number of hydrogen-bond donors (Lipinski definition) is 2. The zero-order valence-corrected chi connectivity index (χ0v) is 13.9. The summed E-state index contributed by atoms with van der Waals surface area (Å²) in [5, 5.41) is 22.9. The van der Waals surface area contributed by atoms with E-state index in [2.05, 4.69) is 21.2 Å². The van der Waals surface area contributed by atoms with Crippen molar-refractivity contribution in [3.63, 3.8) is 0 Å². The molecule has 2 rings (SSSR count). The summed E-state index contributed by atoms with van der Waals surface area (Å²) in [6.07, 6.45) is 4.40. The molecule has 0 unspecified atom stereocenters. The second-order valence-electron chi connectivity index (χ2n) is 5.61. The van der Waals surface area contributed by atoms with E-state index in [0.717, 1.165) is 32.1 Å². The van der Waals surface area contributed by atoms with Crippen molar-refractivity contribution >= 4 is 33.5 Å². The number of rotatable bonds is 5. The summed E-state index contributed by atoms with van der Waals surface area (Å²) in [5.41, 5.74) is -0.495. The molecule has 1 aliphatic rings. The minimum absolute atomic E-state index is 0.139. The highest BCUT2D eigenvalue weighted by Gasteiger charge is 2.32. The number of halogens is 1. The van der Waals surface area contributed by atoms with Crippen molar-refractivity contribution in [2.45, 2.75) is 38.1 Å². The van der Waals surface area contributed by atoms with Gasteiger partial charge in [0.1, 0.15) is 11.6 Å². The molecule has 1 aliphatic carbocycles. The number of hydrogen-bond acceptors (Lipinski definition) is 4. The first kappa shape index (κ1) is 17.4. The summed E-state index contributed by atoms with van der Waals surface area (Å²) in [5.74, 6) is -1.98. The molecule has 1 saturated carbocycles. The fourth-order valence-corrected chi connectivity index (χ4v) is 3.26. The third-order valence-corrected chi connectivity index (χ3v) is 4.57. The van der Waals surface area contributed by atoms with Crippen LogP contribution >= 0.6 is 15.9 Å². The summed E-state index contributed by atoms with van der Waals surface area (Å²) in [6, 6.07) is 3.03. The van der Waals surface area contributed by atoms with Crippen LogP contribution in [0.5, 0.6) is 0 Å². The molecular weight excluding hydrogens is 368 g/mol. The summed E-state index contributed by atoms with van der Waals surface area (Å²) < 4.78 is 0.475. The molecule has 1 aromatic carbocycles. The van der Waals surface area contributed by atoms with E-state index >= 15 is 0 Å². The van der Waals surface area contributed by atoms with Gasteiger partial charge in [0.15, 0.2) is 0 Å². The van der Waals surface area contributed by atoms with Gasteiger partial charge in [-0.25, -0.2) is 4.79 Å². The molecule has 0 saturated heterocycles. The fourth-order valence-electron chi connectivity index (χ4n) is 2.92. The number of carbonyl (C=O) groups is 2. The molecule has 1 fully saturated rings. The number of aliphatic carboxylic acids is 1. The number of carbonyl (C=O) groups excluding carboxylic acids is 1. The smallest absolute Gasteiger partial charge is 0.326 e. The number of nitrogens with zero attached hydrogens (tertiary/aromatic N) is 1. The normalized spacial score (nSPS) is 16.6. The first-order valence-electron chi connectivity index (χ1n) is 7.37. The predicted octanol–water partition coefficient (Wildman–Crippen LogP) is 3.12. The molecule has 0 aromatic heterocycles. The quantitative estimate of drug-likeness (QED) is 0.598. The van der Waals surface area contributed by atoms with Gasteiger partial charge in [-0.3, -0.25) is 14.9 Å². The van der Waals surface area contributed by atoms with Crippen LogP contribution in [0.15, 0.2) is 22.7 Å². The maximum atomic E-state index is 12.3. The van der Waals surface area contributed by atoms with E-state index < -0.39 is 22.8 Å². The zero-order valence-electron chi connectivity index (χ0n) is 12.3. The van der Waals surface area contributed by atoms with Gasteiger partial charge in [0.05, 0.1) is 4.92 Å². The Hall–Kier alpha value is -1.96. The molecular formula is C15H17BrN2O5. The van der Waals surface area contributed by atoms with Crippen LogP contribution in [0.4, 0.5) is 5.69 Å². The van der Waals surface area contributed by atoms with Gasteiger partial charge < -0.3 is 10.4 Å². The number of nitrogens with one attached hydrogen (secondary N) is 1. The van der Waals surface area contributed by atoms with Crippen LogP contribution in [0.3, 0.4) is 0 Å². The third kappa shape index (κ3) is 4.28. The minimum atomic E-state index is -1.11. The van der Waals surface area contributed by atoms with Crippen LogP contribution in [0.1, 0.15) is 42.5 Å². The number of benzene rings is 1. The Bertz CT molecular complexity index is 628. The molecule has 0 bridgehead atoms. The lowest BCUT2D eigenvalue weighted by Gasteiger charge is -2.28. The highest BCUT2D eigenvalue weighted by Crippen LogP contribution is 2.28. The lowest BCUT2D eigenvalue weighted by atomic mass is 9.84. The van der Waals surface area contributed by atoms with E-state index in [1.165, 1.54) is 18.2 Å². The second kappa shape index (κ2) is 7.54. The molecule has 1 amide bonds. The van der Waals surface area contributed by atoms with Crippen molar-refractivity contribution in [1.29, 1.82) is 0 Å². The molecule has 0 radical (unpaired) electrons. The highest BCUT2D eigenvalue weighted by molar-refractivity contribution is 9.10. The van der Waals surface area contributed by atoms with Crippen LogP contribution < -0.4 is 5.32 Å². The Morgan fingerprint density at radius 3 is 2.52 bits per heavy atom. The average molecular weight is 385 g/mol. The van der Waals surface area contributed by atoms with Gasteiger partial charge in [-0.1, -0.05) is 35.2 Å². The SMILES string of the molecule is O=C(N[C@H](C(=O)O)C1CCCCC1)c1ccc(Br)cc1[N+](=O)[O-]. The van der Waals surface area contributed by atoms with Crippen LogP contribution in [0.2, 0.25) is 0 Å². The first-order chi connectivity index (χ1) is 10.9. The molecule has 8 heteroatoms. The Labute approximate surface area is 141 Å². The number of nitro benzene ring substituents is 1. The lowest BCUT2D eigenvalue weighted by molar-refractivity contribution is -0.385. The van der Waals surface area contributed by atoms with Gasteiger partial charge in [-0.2, -0.15) is 0 Å². The third-order valence-electron chi connectivity index (χ3n) is 4.07. The van der Waals surface area contributed by atoms with Crippen LogP contribution in [-0.4, -0.2) is 27.9 Å². The molecule has 1 aromatic rings. The number of carboxylic acids is 1. The maximum absolute atomic E-state index is 12.3. The average Bonchev–Trinajstić information content (AvgIpc) is 2.52. The Morgan fingerprint density at radius 1 is 1.30 bits per heavy atom. The standard InChI is InChI=1S/C15H17BrN2O5/c16-10-6-7-11(12(8-10)18(22)23)14(19)17-13(15(20)21)9-4-2-1-3-5-9/h6-9,13H,1-5H2,(H,17,19)(H,20,21)/t13-/m0/s1. The summed E-state index contributed by atoms with van der Waals surface area (Å²) in [7, 11) is 0. The van der Waals surface area contributed by atoms with Crippen LogP contribution in [0, 0.1) is 16.0 Å². The largest absolute Gasteiger partial charge is 0.480 e. The van der Waals surface area contributed by atoms with Crippen molar-refractivity contribution in [2.75, 3.05) is 0 Å². The molecule has 7 nitrogen and oxygen atoms in total. The summed E-state index contributed by atoms with van der Waals surface area (Å²) in [6.45, 7) is 0. The molecule has 124 valence electrons. The first-order valence-corrected chi connectivity index (χ1v) is 8.17. The van der Waals surface area contributed by atoms with E-state index in [1.807, 2.05) is 0 Å². The van der Waals surface area contributed by atoms with Crippen molar-refractivity contribution < 1.29 is 19.6 Å². The molecule has 1 atom stereocenters. The Morgan fingerprint density at radius 2 is 1.96 bits per heavy atom. The van der Waals surface area contributed by atoms with Crippen molar-refractivity contribution in [3.05, 3.63) is 38.3 Å². The van der Waals surface area contributed by atoms with E-state index in [-0.39, 0.29) is 17.2 Å². The monoisotopic (exact) mass is 384 g/mol. The van der Waals surface area contributed by atoms with Crippen LogP contribution in [-0.2, 0) is 4.79 Å². The Kier molecular flexibility index (Phi) is 5.70. The van der Waals surface area contributed by atoms with Crippen molar-refractivity contribution in [1.82, 2.24) is 5.32 Å². The van der Waals surface area contributed by atoms with Gasteiger partial charge in [-0.05, 0) is 30.9 Å². The molecule has 0 spiro atoms. The molecule has 2 N–H and O–H groups in total. The van der Waals surface area contributed by atoms with Gasteiger partial charge in [0, 0.05) is 10.5 Å². The van der Waals surface area contributed by atoms with Gasteiger partial charge in [0.2, 0.25) is 0 Å². The molecule has 23 heavy (non-hydrogen) atoms. The highest BCUT2D eigenvalue weighted by atomic mass is 79.9. The number of carboxylic acid groups (broad SMARTS) is 1. The molecule has 0 aliphatic heterocycles. The number of amides is 1. The summed E-state index contributed by atoms with van der Waals surface area (Å²) in [4.78, 5) is 34.3. The second-order valence-corrected chi connectivity index (χ2v) is 6.52. The molecule has 0 heterocycles. The van der Waals surface area contributed by atoms with E-state index in [1.54, 1.807) is 0 Å². The van der Waals surface area contributed by atoms with Crippen LogP contribution in [0.25, 0.3) is 0 Å². The topological polar surface area (TPSA) is 110 Å². The summed E-state index contributed by atoms with van der Waals surface area (Å²) >= 11 is 3.12. The predicted molar refractivity (Wildman–Crippen MR) is 86.3 cm³/mol. The van der Waals surface area contributed by atoms with Crippen molar-refractivity contribution in [3.8, 4) is 0 Å². The fraction of sp³-hybridized carbons (Fsp3) is 0.467. The maximum Gasteiger partial charge on any atom is 0.326 e. The zero-order chi connectivity index (χ0) is 17.0. The lowest BCUT2D eigenvalue weighted by Crippen LogP contribution is -2.46. The minimum Gasteiger partial charge on any atom is -0.480 e. The van der Waals surface area contributed by atoms with Gasteiger partial charge >= 0.3 is 5.97 Å². The van der Waals surface area contributed by atoms with E-state index in [9.17, 15) is 24.8 Å². The Balaban J connectivity index is 2.22. The van der Waals surface area contributed by atoms with E-state index in [0.29, 0.717) is 4.47 Å². The van der Waals surface area contributed by atoms with E-state index in [4.69, 9.17) is 0 Å².